The summed E-state index contributed by atoms with van der Waals surface area (Å²) in [5.41, 5.74) is 1.35. The van der Waals surface area contributed by atoms with Crippen LogP contribution in [-0.4, -0.2) is 19.4 Å². The summed E-state index contributed by atoms with van der Waals surface area (Å²) in [6, 6.07) is 9.12. The van der Waals surface area contributed by atoms with Gasteiger partial charge in [-0.3, -0.25) is 9.20 Å². The fourth-order valence-corrected chi connectivity index (χ4v) is 3.87. The lowest BCUT2D eigenvalue weighted by atomic mass is 10.4. The predicted molar refractivity (Wildman–Crippen MR) is 88.4 cm³/mol. The smallest absolute Gasteiger partial charge is 0.258 e. The van der Waals surface area contributed by atoms with Crippen molar-refractivity contribution < 1.29 is 0 Å². The van der Waals surface area contributed by atoms with E-state index < -0.39 is 0 Å². The normalized spacial score (nSPS) is 11.3. The molecule has 0 aliphatic heterocycles. The van der Waals surface area contributed by atoms with Gasteiger partial charge in [-0.1, -0.05) is 17.8 Å². The van der Waals surface area contributed by atoms with Gasteiger partial charge < -0.3 is 0 Å². The highest BCUT2D eigenvalue weighted by atomic mass is 32.2. The molecule has 5 nitrogen and oxygen atoms in total. The molecule has 0 atom stereocenters. The molecule has 0 radical (unpaired) electrons. The van der Waals surface area contributed by atoms with Crippen molar-refractivity contribution in [3.63, 3.8) is 0 Å². The summed E-state index contributed by atoms with van der Waals surface area (Å²) in [6.07, 6.45) is 3.30. The lowest BCUT2D eigenvalue weighted by Gasteiger charge is -2.04. The van der Waals surface area contributed by atoms with E-state index in [0.717, 1.165) is 20.9 Å². The van der Waals surface area contributed by atoms with Crippen LogP contribution in [0.1, 0.15) is 5.69 Å². The van der Waals surface area contributed by atoms with Gasteiger partial charge in [0.25, 0.3) is 5.56 Å². The van der Waals surface area contributed by atoms with Crippen LogP contribution in [0.4, 0.5) is 0 Å². The zero-order valence-corrected chi connectivity index (χ0v) is 13.0. The number of hydrogen-bond donors (Lipinski definition) is 0. The van der Waals surface area contributed by atoms with Gasteiger partial charge in [0.15, 0.2) is 0 Å². The van der Waals surface area contributed by atoms with Crippen LogP contribution in [0.3, 0.4) is 0 Å². The summed E-state index contributed by atoms with van der Waals surface area (Å²) in [5, 5.41) is 3.97. The summed E-state index contributed by atoms with van der Waals surface area (Å²) in [5.74, 6) is 0.600. The first-order valence-corrected chi connectivity index (χ1v) is 8.46. The number of aromatic nitrogens is 4. The lowest BCUT2D eigenvalue weighted by Crippen LogP contribution is -2.14. The monoisotopic (exact) mass is 326 g/mol. The minimum Gasteiger partial charge on any atom is -0.269 e. The van der Waals surface area contributed by atoms with E-state index in [1.165, 1.54) is 4.40 Å². The van der Waals surface area contributed by atoms with Crippen LogP contribution in [0.15, 0.2) is 58.1 Å². The Morgan fingerprint density at radius 1 is 1.23 bits per heavy atom. The fraction of sp³-hybridized carbons (Fsp3) is 0.0667. The third-order valence-corrected chi connectivity index (χ3v) is 5.07. The Bertz CT molecular complexity index is 1020. The van der Waals surface area contributed by atoms with E-state index in [0.29, 0.717) is 11.4 Å². The van der Waals surface area contributed by atoms with Gasteiger partial charge in [-0.25, -0.2) is 15.0 Å². The second kappa shape index (κ2) is 5.51. The average molecular weight is 326 g/mol. The van der Waals surface area contributed by atoms with E-state index in [1.54, 1.807) is 41.7 Å². The Labute approximate surface area is 133 Å². The molecule has 0 spiro atoms. The highest BCUT2D eigenvalue weighted by Crippen LogP contribution is 2.29. The zero-order chi connectivity index (χ0) is 14.9. The highest BCUT2D eigenvalue weighted by molar-refractivity contribution is 7.98. The van der Waals surface area contributed by atoms with Gasteiger partial charge in [0.05, 0.1) is 5.69 Å². The molecule has 0 fully saturated rings. The molecule has 0 aliphatic rings. The van der Waals surface area contributed by atoms with Crippen molar-refractivity contribution in [2.45, 2.75) is 10.8 Å². The largest absolute Gasteiger partial charge is 0.269 e. The molecule has 0 amide bonds. The molecule has 0 unspecified atom stereocenters. The zero-order valence-electron chi connectivity index (χ0n) is 11.3. The molecule has 0 aromatic carbocycles. The van der Waals surface area contributed by atoms with Crippen molar-refractivity contribution in [1.82, 2.24) is 19.4 Å². The van der Waals surface area contributed by atoms with Gasteiger partial charge in [0.2, 0.25) is 0 Å². The minimum atomic E-state index is -0.0652. The number of pyridine rings is 1. The Kier molecular flexibility index (Phi) is 3.36. The maximum absolute atomic E-state index is 12.1. The predicted octanol–water partition coefficient (Wildman–Crippen LogP) is 2.99. The summed E-state index contributed by atoms with van der Waals surface area (Å²) in [4.78, 5) is 26.1. The Morgan fingerprint density at radius 3 is 3.14 bits per heavy atom. The van der Waals surface area contributed by atoms with Crippen molar-refractivity contribution >= 4 is 39.0 Å². The molecular weight excluding hydrogens is 316 g/mol. The van der Waals surface area contributed by atoms with Crippen LogP contribution in [-0.2, 0) is 5.75 Å². The standard InChI is InChI=1S/C15H10N4OS2/c20-13-7-10(18-12-3-1-2-5-19(12)13)8-22-15-11-4-6-21-14(11)16-9-17-15/h1-7,9H,8H2. The average Bonchev–Trinajstić information content (AvgIpc) is 3.02. The minimum absolute atomic E-state index is 0.0652. The third-order valence-electron chi connectivity index (χ3n) is 3.21. The van der Waals surface area contributed by atoms with Gasteiger partial charge in [0.1, 0.15) is 21.8 Å². The van der Waals surface area contributed by atoms with E-state index in [-0.39, 0.29) is 5.56 Å². The number of rotatable bonds is 3. The first-order chi connectivity index (χ1) is 10.8. The van der Waals surface area contributed by atoms with Gasteiger partial charge in [-0.05, 0) is 23.6 Å². The molecule has 0 N–H and O–H groups in total. The summed E-state index contributed by atoms with van der Waals surface area (Å²) in [7, 11) is 0. The number of fused-ring (bicyclic) bond motifs is 2. The molecule has 4 aromatic rings. The van der Waals surface area contributed by atoms with E-state index in [1.807, 2.05) is 29.6 Å². The van der Waals surface area contributed by atoms with E-state index in [2.05, 4.69) is 15.0 Å². The Hall–Kier alpha value is -2.25. The fourth-order valence-electron chi connectivity index (χ4n) is 2.20. The van der Waals surface area contributed by atoms with Crippen molar-refractivity contribution in [2.75, 3.05) is 0 Å². The van der Waals surface area contributed by atoms with Crippen LogP contribution in [0.25, 0.3) is 15.9 Å². The first-order valence-electron chi connectivity index (χ1n) is 6.59. The van der Waals surface area contributed by atoms with Crippen molar-refractivity contribution in [2.24, 2.45) is 0 Å². The first kappa shape index (κ1) is 13.4. The number of thiophene rings is 1. The molecule has 4 rings (SSSR count). The molecule has 4 heterocycles. The second-order valence-corrected chi connectivity index (χ2v) is 6.48. The Morgan fingerprint density at radius 2 is 2.18 bits per heavy atom. The molecule has 0 aliphatic carbocycles. The number of hydrogen-bond acceptors (Lipinski definition) is 6. The molecule has 108 valence electrons. The van der Waals surface area contributed by atoms with Crippen molar-refractivity contribution in [1.29, 1.82) is 0 Å². The lowest BCUT2D eigenvalue weighted by molar-refractivity contribution is 1.01. The molecule has 22 heavy (non-hydrogen) atoms. The SMILES string of the molecule is O=c1cc(CSc2ncnc3sccc23)nc2ccccn12. The van der Waals surface area contributed by atoms with Gasteiger partial charge >= 0.3 is 0 Å². The second-order valence-electron chi connectivity index (χ2n) is 4.62. The van der Waals surface area contributed by atoms with E-state index in [9.17, 15) is 4.79 Å². The highest BCUT2D eigenvalue weighted by Gasteiger charge is 2.07. The van der Waals surface area contributed by atoms with Crippen molar-refractivity contribution in [3.8, 4) is 0 Å². The molecule has 0 bridgehead atoms. The van der Waals surface area contributed by atoms with Crippen LogP contribution >= 0.6 is 23.1 Å². The van der Waals surface area contributed by atoms with Crippen LogP contribution in [0.5, 0.6) is 0 Å². The van der Waals surface area contributed by atoms with Gasteiger partial charge in [0, 0.05) is 23.4 Å². The molecule has 0 saturated carbocycles. The van der Waals surface area contributed by atoms with Crippen LogP contribution in [0.2, 0.25) is 0 Å². The molecule has 7 heteroatoms. The van der Waals surface area contributed by atoms with E-state index in [4.69, 9.17) is 0 Å². The number of thioether (sulfide) groups is 1. The maximum Gasteiger partial charge on any atom is 0.258 e. The number of nitrogens with zero attached hydrogens (tertiary/aromatic N) is 4. The summed E-state index contributed by atoms with van der Waals surface area (Å²) >= 11 is 3.16. The van der Waals surface area contributed by atoms with Gasteiger partial charge in [-0.2, -0.15) is 0 Å². The maximum atomic E-state index is 12.1. The van der Waals surface area contributed by atoms with Crippen LogP contribution in [0, 0.1) is 0 Å². The van der Waals surface area contributed by atoms with Crippen LogP contribution < -0.4 is 5.56 Å². The molecule has 4 aromatic heterocycles. The summed E-state index contributed by atoms with van der Waals surface area (Å²) in [6.45, 7) is 0. The topological polar surface area (TPSA) is 60.2 Å². The molecule has 0 saturated heterocycles. The van der Waals surface area contributed by atoms with Gasteiger partial charge in [-0.15, -0.1) is 11.3 Å². The molecular formula is C15H10N4OS2. The Balaban J connectivity index is 1.67. The quantitative estimate of drug-likeness (QED) is 0.428. The third kappa shape index (κ3) is 2.38. The van der Waals surface area contributed by atoms with Crippen molar-refractivity contribution in [3.05, 3.63) is 64.3 Å². The van der Waals surface area contributed by atoms with E-state index >= 15 is 0 Å². The summed E-state index contributed by atoms with van der Waals surface area (Å²) < 4.78 is 1.54.